The topological polar surface area (TPSA) is 67.9 Å². The van der Waals surface area contributed by atoms with Crippen LogP contribution in [0.5, 0.6) is 5.75 Å². The molecule has 7 heteroatoms. The molecular weight excluding hydrogens is 316 g/mol. The number of ether oxygens (including phenoxy) is 2. The molecule has 1 unspecified atom stereocenters. The predicted octanol–water partition coefficient (Wildman–Crippen LogP) is 1.97. The van der Waals surface area contributed by atoms with Crippen LogP contribution in [0.15, 0.2) is 18.2 Å². The zero-order chi connectivity index (χ0) is 16.8. The molecule has 23 heavy (non-hydrogen) atoms. The minimum absolute atomic E-state index is 0.0606. The van der Waals surface area contributed by atoms with Crippen LogP contribution in [0.4, 0.5) is 4.79 Å². The molecular formula is C16H22N2O4S. The van der Waals surface area contributed by atoms with Gasteiger partial charge in [0.05, 0.1) is 13.7 Å². The first-order chi connectivity index (χ1) is 11.0. The summed E-state index contributed by atoms with van der Waals surface area (Å²) in [5.41, 5.74) is 2.50. The number of amides is 2. The number of aryl methyl sites for hydroxylation is 1. The lowest BCUT2D eigenvalue weighted by molar-refractivity contribution is -0.140. The van der Waals surface area contributed by atoms with Gasteiger partial charge in [0.15, 0.2) is 0 Å². The number of carbonyl (C=O) groups is 2. The van der Waals surface area contributed by atoms with Gasteiger partial charge in [-0.3, -0.25) is 9.10 Å². The van der Waals surface area contributed by atoms with Crippen molar-refractivity contribution < 1.29 is 19.1 Å². The van der Waals surface area contributed by atoms with Crippen molar-refractivity contribution in [3.8, 4) is 5.75 Å². The van der Waals surface area contributed by atoms with Crippen molar-refractivity contribution in [1.82, 2.24) is 9.62 Å². The summed E-state index contributed by atoms with van der Waals surface area (Å²) in [6, 6.07) is 5.84. The summed E-state index contributed by atoms with van der Waals surface area (Å²) in [5, 5.41) is 2.96. The van der Waals surface area contributed by atoms with Crippen LogP contribution in [-0.2, 0) is 22.4 Å². The Hall–Kier alpha value is -1.89. The van der Waals surface area contributed by atoms with Gasteiger partial charge in [-0.05, 0) is 42.5 Å². The summed E-state index contributed by atoms with van der Waals surface area (Å²) in [5.74, 6) is 0.456. The number of nitrogens with one attached hydrogen (secondary N) is 1. The molecule has 0 aromatic heterocycles. The molecule has 0 spiro atoms. The zero-order valence-corrected chi connectivity index (χ0v) is 14.3. The smallest absolute Gasteiger partial charge is 0.327 e. The summed E-state index contributed by atoms with van der Waals surface area (Å²) in [6.07, 6.45) is 2.57. The molecule has 0 saturated heterocycles. The van der Waals surface area contributed by atoms with E-state index in [1.54, 1.807) is 7.11 Å². The maximum Gasteiger partial charge on any atom is 0.327 e. The highest BCUT2D eigenvalue weighted by atomic mass is 32.1. The fraction of sp³-hybridized carbons (Fsp3) is 0.500. The van der Waals surface area contributed by atoms with Gasteiger partial charge in [-0.2, -0.15) is 0 Å². The molecule has 126 valence electrons. The molecule has 0 saturated carbocycles. The van der Waals surface area contributed by atoms with Crippen LogP contribution >= 0.6 is 12.8 Å². The number of hydrogen-bond acceptors (Lipinski definition) is 5. The number of esters is 1. The van der Waals surface area contributed by atoms with E-state index in [-0.39, 0.29) is 31.2 Å². The van der Waals surface area contributed by atoms with Crippen LogP contribution < -0.4 is 10.1 Å². The fourth-order valence-corrected chi connectivity index (χ4v) is 2.75. The summed E-state index contributed by atoms with van der Waals surface area (Å²) in [4.78, 5) is 22.8. The van der Waals surface area contributed by atoms with Gasteiger partial charge in [0, 0.05) is 13.0 Å². The number of nitrogens with zero attached hydrogens (tertiary/aromatic N) is 1. The quantitative estimate of drug-likeness (QED) is 0.636. The standard InChI is InChI=1S/C16H22N2O4S/c1-11(19)22-8-7-18(23)16(20)17-14-5-3-12-4-6-15(21-2)10-13(12)9-14/h4,6,10,14,23H,3,5,7-9H2,1-2H3,(H,17,20). The molecule has 0 fully saturated rings. The number of fused-ring (bicyclic) bond motifs is 1. The lowest BCUT2D eigenvalue weighted by Crippen LogP contribution is -2.44. The third-order valence-electron chi connectivity index (χ3n) is 3.81. The van der Waals surface area contributed by atoms with E-state index in [0.29, 0.717) is 0 Å². The van der Waals surface area contributed by atoms with E-state index in [1.165, 1.54) is 22.4 Å². The molecule has 1 N–H and O–H groups in total. The first-order valence-electron chi connectivity index (χ1n) is 7.55. The zero-order valence-electron chi connectivity index (χ0n) is 13.4. The number of urea groups is 1. The number of carbonyl (C=O) groups excluding carboxylic acids is 2. The van der Waals surface area contributed by atoms with Gasteiger partial charge in [-0.15, -0.1) is 0 Å². The maximum absolute atomic E-state index is 12.1. The predicted molar refractivity (Wildman–Crippen MR) is 89.7 cm³/mol. The van der Waals surface area contributed by atoms with Gasteiger partial charge < -0.3 is 14.8 Å². The van der Waals surface area contributed by atoms with Crippen molar-refractivity contribution in [3.05, 3.63) is 29.3 Å². The van der Waals surface area contributed by atoms with Gasteiger partial charge in [-0.1, -0.05) is 18.9 Å². The van der Waals surface area contributed by atoms with E-state index in [4.69, 9.17) is 9.47 Å². The summed E-state index contributed by atoms with van der Waals surface area (Å²) in [6.45, 7) is 1.71. The van der Waals surface area contributed by atoms with Crippen LogP contribution in [0.1, 0.15) is 24.5 Å². The maximum atomic E-state index is 12.1. The van der Waals surface area contributed by atoms with Crippen LogP contribution in [-0.4, -0.2) is 42.6 Å². The average Bonchev–Trinajstić information content (AvgIpc) is 2.53. The van der Waals surface area contributed by atoms with Crippen molar-refractivity contribution in [2.24, 2.45) is 0 Å². The number of rotatable bonds is 5. The second-order valence-corrected chi connectivity index (χ2v) is 5.97. The molecule has 0 radical (unpaired) electrons. The van der Waals surface area contributed by atoms with Gasteiger partial charge in [0.2, 0.25) is 0 Å². The van der Waals surface area contributed by atoms with E-state index < -0.39 is 0 Å². The minimum atomic E-state index is -0.370. The van der Waals surface area contributed by atoms with Crippen LogP contribution in [0.2, 0.25) is 0 Å². The summed E-state index contributed by atoms with van der Waals surface area (Å²) >= 11 is 4.12. The van der Waals surface area contributed by atoms with E-state index in [2.05, 4.69) is 24.2 Å². The molecule has 6 nitrogen and oxygen atoms in total. The van der Waals surface area contributed by atoms with Crippen molar-refractivity contribution in [2.45, 2.75) is 32.2 Å². The molecule has 2 amide bonds. The second-order valence-electron chi connectivity index (χ2n) is 5.49. The molecule has 0 heterocycles. The Morgan fingerprint density at radius 2 is 2.17 bits per heavy atom. The van der Waals surface area contributed by atoms with Crippen LogP contribution in [0, 0.1) is 0 Å². The van der Waals surface area contributed by atoms with Gasteiger partial charge in [-0.25, -0.2) is 4.79 Å². The van der Waals surface area contributed by atoms with Crippen molar-refractivity contribution >= 4 is 24.8 Å². The van der Waals surface area contributed by atoms with E-state index >= 15 is 0 Å². The number of thiol groups is 1. The lowest BCUT2D eigenvalue weighted by Gasteiger charge is -2.27. The highest BCUT2D eigenvalue weighted by Gasteiger charge is 2.22. The molecule has 1 aromatic rings. The van der Waals surface area contributed by atoms with E-state index in [1.807, 2.05) is 12.1 Å². The minimum Gasteiger partial charge on any atom is -0.497 e. The summed E-state index contributed by atoms with van der Waals surface area (Å²) < 4.78 is 11.3. The first-order valence-corrected chi connectivity index (χ1v) is 7.95. The van der Waals surface area contributed by atoms with Crippen LogP contribution in [0.25, 0.3) is 0 Å². The molecule has 1 aromatic carbocycles. The average molecular weight is 338 g/mol. The fourth-order valence-electron chi connectivity index (χ4n) is 2.61. The Labute approximate surface area is 141 Å². The molecule has 2 rings (SSSR count). The Morgan fingerprint density at radius 3 is 2.87 bits per heavy atom. The molecule has 1 aliphatic rings. The van der Waals surface area contributed by atoms with Gasteiger partial charge in [0.25, 0.3) is 0 Å². The Kier molecular flexibility index (Phi) is 6.15. The summed E-state index contributed by atoms with van der Waals surface area (Å²) in [7, 11) is 1.64. The Bertz CT molecular complexity index is 579. The van der Waals surface area contributed by atoms with E-state index in [0.717, 1.165) is 25.0 Å². The third kappa shape index (κ3) is 5.06. The highest BCUT2D eigenvalue weighted by Crippen LogP contribution is 2.25. The van der Waals surface area contributed by atoms with Gasteiger partial charge >= 0.3 is 12.0 Å². The van der Waals surface area contributed by atoms with E-state index in [9.17, 15) is 9.59 Å². The Balaban J connectivity index is 1.86. The molecule has 0 bridgehead atoms. The highest BCUT2D eigenvalue weighted by molar-refractivity contribution is 7.78. The number of methoxy groups -OCH3 is 1. The molecule has 1 aliphatic carbocycles. The first kappa shape index (κ1) is 17.5. The SMILES string of the molecule is COc1ccc2c(c1)CC(NC(=O)N(S)CCOC(C)=O)CC2. The third-order valence-corrected chi connectivity index (χ3v) is 4.19. The Morgan fingerprint density at radius 1 is 1.39 bits per heavy atom. The van der Waals surface area contributed by atoms with Crippen molar-refractivity contribution in [3.63, 3.8) is 0 Å². The number of benzene rings is 1. The number of hydrogen-bond donors (Lipinski definition) is 2. The second kappa shape index (κ2) is 8.10. The monoisotopic (exact) mass is 338 g/mol. The van der Waals surface area contributed by atoms with Crippen molar-refractivity contribution in [2.75, 3.05) is 20.3 Å². The largest absolute Gasteiger partial charge is 0.497 e. The lowest BCUT2D eigenvalue weighted by atomic mass is 9.88. The molecule has 1 atom stereocenters. The van der Waals surface area contributed by atoms with Crippen molar-refractivity contribution in [1.29, 1.82) is 0 Å². The van der Waals surface area contributed by atoms with Gasteiger partial charge in [0.1, 0.15) is 12.4 Å². The molecule has 0 aliphatic heterocycles. The van der Waals surface area contributed by atoms with Crippen LogP contribution in [0.3, 0.4) is 0 Å². The normalized spacial score (nSPS) is 16.2.